The summed E-state index contributed by atoms with van der Waals surface area (Å²) in [6, 6.07) is 7.37. The minimum Gasteiger partial charge on any atom is -0.484 e. The zero-order valence-electron chi connectivity index (χ0n) is 21.7. The molecule has 0 fully saturated rings. The van der Waals surface area contributed by atoms with Crippen molar-refractivity contribution in [3.8, 4) is 22.1 Å². The van der Waals surface area contributed by atoms with Gasteiger partial charge in [-0.05, 0) is 39.0 Å². The van der Waals surface area contributed by atoms with E-state index in [9.17, 15) is 13.6 Å². The van der Waals surface area contributed by atoms with Crippen LogP contribution in [0.5, 0.6) is 11.5 Å². The van der Waals surface area contributed by atoms with Gasteiger partial charge in [0.25, 0.3) is 0 Å². The Morgan fingerprint density at radius 3 is 2.49 bits per heavy atom. The third kappa shape index (κ3) is 6.57. The zero-order chi connectivity index (χ0) is 29.3. The number of hydrogen-bond acceptors (Lipinski definition) is 9. The number of aromatic nitrogens is 4. The summed E-state index contributed by atoms with van der Waals surface area (Å²) < 4.78 is 56.5. The second kappa shape index (κ2) is 11.7. The number of nitrogens with one attached hydrogen (secondary N) is 1. The van der Waals surface area contributed by atoms with Crippen LogP contribution in [0.2, 0.25) is 5.02 Å². The van der Waals surface area contributed by atoms with E-state index in [0.29, 0.717) is 48.2 Å². The van der Waals surface area contributed by atoms with Gasteiger partial charge in [0.15, 0.2) is 11.6 Å². The van der Waals surface area contributed by atoms with Gasteiger partial charge in [0.05, 0.1) is 40.0 Å². The van der Waals surface area contributed by atoms with Gasteiger partial charge in [-0.15, -0.1) is 11.3 Å². The van der Waals surface area contributed by atoms with Crippen molar-refractivity contribution in [3.63, 3.8) is 0 Å². The summed E-state index contributed by atoms with van der Waals surface area (Å²) in [5, 5.41) is 3.82. The molecule has 1 amide bonds. The number of nitrogens with zero attached hydrogens (tertiary/aromatic N) is 4. The van der Waals surface area contributed by atoms with Gasteiger partial charge in [-0.25, -0.2) is 24.1 Å². The van der Waals surface area contributed by atoms with Crippen LogP contribution < -0.4 is 14.8 Å². The molecule has 0 aliphatic heterocycles. The van der Waals surface area contributed by atoms with Gasteiger partial charge in [0.2, 0.25) is 0 Å². The van der Waals surface area contributed by atoms with Crippen molar-refractivity contribution in [2.75, 3.05) is 5.32 Å². The smallest absolute Gasteiger partial charge is 0.412 e. The average molecular weight is 604 g/mol. The lowest BCUT2D eigenvalue weighted by molar-refractivity contribution is -0.0499. The first-order chi connectivity index (χ1) is 19.5. The molecule has 0 bridgehead atoms. The molecule has 5 aromatic rings. The number of alkyl halides is 2. The van der Waals surface area contributed by atoms with E-state index in [0.717, 1.165) is 0 Å². The van der Waals surface area contributed by atoms with Crippen molar-refractivity contribution in [2.45, 2.75) is 39.6 Å². The zero-order valence-corrected chi connectivity index (χ0v) is 23.3. The first-order valence-corrected chi connectivity index (χ1v) is 13.3. The molecule has 212 valence electrons. The number of fused-ring (bicyclic) bond motifs is 2. The van der Waals surface area contributed by atoms with Crippen LogP contribution in [0.1, 0.15) is 19.7 Å². The lowest BCUT2D eigenvalue weighted by Gasteiger charge is -2.22. The number of amides is 1. The molecule has 1 N–H and O–H groups in total. The second-order valence-electron chi connectivity index (χ2n) is 8.92. The molecule has 0 radical (unpaired) electrons. The van der Waals surface area contributed by atoms with E-state index in [1.165, 1.54) is 48.1 Å². The standard InChI is InChI=1S/C27H21ClF3N5O4S/c1-12(13(2)39-27(37)35-17-9-32-14(3)33-10-17)38-22-8-23-21(7-20(22)29)36-25(41-23)19-6-16(28)4-15-5-18(40-26(30)31)11-34-24(15)19/h4-13,26H,1-3H3,(H,35,37)/t12-,13+/m0/s1. The van der Waals surface area contributed by atoms with E-state index in [1.807, 2.05) is 0 Å². The van der Waals surface area contributed by atoms with Crippen LogP contribution in [-0.2, 0) is 4.74 Å². The monoisotopic (exact) mass is 603 g/mol. The molecule has 0 aliphatic rings. The Morgan fingerprint density at radius 2 is 1.76 bits per heavy atom. The molecule has 14 heteroatoms. The average Bonchev–Trinajstić information content (AvgIpc) is 3.31. The van der Waals surface area contributed by atoms with Crippen LogP contribution in [0.25, 0.3) is 31.7 Å². The number of ether oxygens (including phenoxy) is 3. The Morgan fingerprint density at radius 1 is 1.00 bits per heavy atom. The van der Waals surface area contributed by atoms with Crippen LogP contribution in [0.4, 0.5) is 23.7 Å². The number of hydrogen-bond donors (Lipinski definition) is 1. The molecule has 3 heterocycles. The minimum absolute atomic E-state index is 0.0501. The Bertz CT molecular complexity index is 1740. The third-order valence-electron chi connectivity index (χ3n) is 5.91. The summed E-state index contributed by atoms with van der Waals surface area (Å²) in [6.07, 6.45) is 1.90. The van der Waals surface area contributed by atoms with Crippen LogP contribution in [0, 0.1) is 12.7 Å². The molecular weight excluding hydrogens is 583 g/mol. The number of carbonyl (C=O) groups excluding carboxylic acids is 1. The van der Waals surface area contributed by atoms with E-state index < -0.39 is 30.7 Å². The van der Waals surface area contributed by atoms with E-state index in [4.69, 9.17) is 21.1 Å². The molecule has 41 heavy (non-hydrogen) atoms. The number of pyridine rings is 1. The molecule has 0 aliphatic carbocycles. The third-order valence-corrected chi connectivity index (χ3v) is 7.18. The maximum absolute atomic E-state index is 15.0. The van der Waals surface area contributed by atoms with Gasteiger partial charge in [-0.2, -0.15) is 8.78 Å². The summed E-state index contributed by atoms with van der Waals surface area (Å²) >= 11 is 7.53. The van der Waals surface area contributed by atoms with E-state index in [2.05, 4.69) is 30.0 Å². The van der Waals surface area contributed by atoms with Crippen molar-refractivity contribution in [3.05, 3.63) is 65.6 Å². The molecule has 0 spiro atoms. The van der Waals surface area contributed by atoms with E-state index in [-0.39, 0.29) is 11.5 Å². The Labute approximate surface area is 240 Å². The van der Waals surface area contributed by atoms with Crippen LogP contribution in [-0.4, -0.2) is 44.8 Å². The quantitative estimate of drug-likeness (QED) is 0.195. The SMILES string of the molecule is Cc1ncc(NC(=O)O[C@H](C)[C@H](C)Oc2cc3sc(-c4cc(Cl)cc5cc(OC(F)F)cnc45)nc3cc2F)cn1. The van der Waals surface area contributed by atoms with Gasteiger partial charge in [-0.1, -0.05) is 11.6 Å². The first-order valence-electron chi connectivity index (χ1n) is 12.1. The number of aryl methyl sites for hydroxylation is 1. The molecule has 5 rings (SSSR count). The second-order valence-corrected chi connectivity index (χ2v) is 10.4. The molecule has 3 aromatic heterocycles. The predicted molar refractivity (Wildman–Crippen MR) is 148 cm³/mol. The summed E-state index contributed by atoms with van der Waals surface area (Å²) in [5.41, 5.74) is 1.74. The Balaban J connectivity index is 1.34. The molecule has 0 saturated carbocycles. The number of anilines is 1. The number of halogens is 4. The molecule has 0 unspecified atom stereocenters. The highest BCUT2D eigenvalue weighted by Gasteiger charge is 2.22. The molecule has 2 aromatic carbocycles. The highest BCUT2D eigenvalue weighted by atomic mass is 35.5. The predicted octanol–water partition coefficient (Wildman–Crippen LogP) is 7.41. The van der Waals surface area contributed by atoms with Crippen molar-refractivity contribution < 1.29 is 32.2 Å². The van der Waals surface area contributed by atoms with Crippen molar-refractivity contribution >= 4 is 55.8 Å². The van der Waals surface area contributed by atoms with Gasteiger partial charge >= 0.3 is 12.7 Å². The number of rotatable bonds is 8. The lowest BCUT2D eigenvalue weighted by atomic mass is 10.1. The van der Waals surface area contributed by atoms with Gasteiger partial charge in [-0.3, -0.25) is 10.3 Å². The maximum atomic E-state index is 15.0. The summed E-state index contributed by atoms with van der Waals surface area (Å²) in [5.74, 6) is -0.258. The van der Waals surface area contributed by atoms with Gasteiger partial charge in [0, 0.05) is 28.1 Å². The van der Waals surface area contributed by atoms with E-state index in [1.54, 1.807) is 32.9 Å². The number of benzene rings is 2. The van der Waals surface area contributed by atoms with Crippen molar-refractivity contribution in [1.82, 2.24) is 19.9 Å². The van der Waals surface area contributed by atoms with Crippen LogP contribution in [0.15, 0.2) is 48.9 Å². The fourth-order valence-corrected chi connectivity index (χ4v) is 5.04. The van der Waals surface area contributed by atoms with Crippen molar-refractivity contribution in [1.29, 1.82) is 0 Å². The van der Waals surface area contributed by atoms with E-state index >= 15 is 4.39 Å². The van der Waals surface area contributed by atoms with Gasteiger partial charge < -0.3 is 14.2 Å². The number of thiazole rings is 1. The fraction of sp³-hybridized carbons (Fsp3) is 0.222. The highest BCUT2D eigenvalue weighted by molar-refractivity contribution is 7.21. The fourth-order valence-electron chi connectivity index (χ4n) is 3.82. The largest absolute Gasteiger partial charge is 0.484 e. The van der Waals surface area contributed by atoms with Crippen LogP contribution >= 0.6 is 22.9 Å². The maximum Gasteiger partial charge on any atom is 0.412 e. The summed E-state index contributed by atoms with van der Waals surface area (Å²) in [6.45, 7) is 1.98. The highest BCUT2D eigenvalue weighted by Crippen LogP contribution is 2.38. The normalized spacial score (nSPS) is 12.9. The molecular formula is C27H21ClF3N5O4S. The molecule has 9 nitrogen and oxygen atoms in total. The van der Waals surface area contributed by atoms with Crippen LogP contribution in [0.3, 0.4) is 0 Å². The molecule has 2 atom stereocenters. The minimum atomic E-state index is -2.99. The van der Waals surface area contributed by atoms with Crippen molar-refractivity contribution in [2.24, 2.45) is 0 Å². The molecule has 0 saturated heterocycles. The summed E-state index contributed by atoms with van der Waals surface area (Å²) in [4.78, 5) is 29.0. The van der Waals surface area contributed by atoms with Gasteiger partial charge in [0.1, 0.15) is 28.8 Å². The Kier molecular flexibility index (Phi) is 8.08. The first kappa shape index (κ1) is 28.3. The lowest BCUT2D eigenvalue weighted by Crippen LogP contribution is -2.32. The number of carbonyl (C=O) groups is 1. The topological polar surface area (TPSA) is 108 Å². The Hall–Kier alpha value is -4.23. The summed E-state index contributed by atoms with van der Waals surface area (Å²) in [7, 11) is 0.